The first kappa shape index (κ1) is 20.0. The van der Waals surface area contributed by atoms with Gasteiger partial charge in [-0.05, 0) is 35.0 Å². The number of fused-ring (bicyclic) bond motifs is 1. The fourth-order valence-corrected chi connectivity index (χ4v) is 4.37. The van der Waals surface area contributed by atoms with E-state index in [9.17, 15) is 14.4 Å². The van der Waals surface area contributed by atoms with Gasteiger partial charge in [-0.1, -0.05) is 48.5 Å². The number of amides is 3. The van der Waals surface area contributed by atoms with Crippen molar-refractivity contribution >= 4 is 45.8 Å². The van der Waals surface area contributed by atoms with Crippen LogP contribution in [0.5, 0.6) is 0 Å². The number of hydrogen-bond acceptors (Lipinski definition) is 4. The van der Waals surface area contributed by atoms with Gasteiger partial charge < -0.3 is 9.88 Å². The van der Waals surface area contributed by atoms with Crippen molar-refractivity contribution in [1.82, 2.24) is 14.8 Å². The largest absolute Gasteiger partial charge is 0.354 e. The van der Waals surface area contributed by atoms with E-state index in [1.807, 2.05) is 72.4 Å². The molecular weight excluding hydrogens is 398 g/mol. The van der Waals surface area contributed by atoms with Gasteiger partial charge in [0, 0.05) is 37.2 Å². The van der Waals surface area contributed by atoms with Crippen LogP contribution in [0.25, 0.3) is 17.0 Å². The molecular formula is C23H21N3O3S. The number of para-hydroxylation sites is 1. The van der Waals surface area contributed by atoms with E-state index in [2.05, 4.69) is 5.32 Å². The van der Waals surface area contributed by atoms with Crippen molar-refractivity contribution in [2.45, 2.75) is 6.42 Å². The predicted octanol–water partition coefficient (Wildman–Crippen LogP) is 3.57. The van der Waals surface area contributed by atoms with Crippen LogP contribution in [-0.2, 0) is 23.1 Å². The summed E-state index contributed by atoms with van der Waals surface area (Å²) in [6.45, 7) is 0.373. The first-order valence-electron chi connectivity index (χ1n) is 9.63. The number of aryl methyl sites for hydroxylation is 1. The first-order valence-corrected chi connectivity index (χ1v) is 10.4. The summed E-state index contributed by atoms with van der Waals surface area (Å²) in [4.78, 5) is 38.7. The highest BCUT2D eigenvalue weighted by Gasteiger charge is 2.34. The molecule has 2 aromatic carbocycles. The van der Waals surface area contributed by atoms with Crippen LogP contribution in [0, 0.1) is 0 Å². The lowest BCUT2D eigenvalue weighted by atomic mass is 10.1. The molecule has 4 rings (SSSR count). The molecule has 1 fully saturated rings. The Labute approximate surface area is 178 Å². The summed E-state index contributed by atoms with van der Waals surface area (Å²) in [5.41, 5.74) is 2.89. The van der Waals surface area contributed by atoms with Gasteiger partial charge in [-0.15, -0.1) is 0 Å². The van der Waals surface area contributed by atoms with Crippen LogP contribution in [0.3, 0.4) is 0 Å². The van der Waals surface area contributed by atoms with Crippen molar-refractivity contribution in [3.63, 3.8) is 0 Å². The van der Waals surface area contributed by atoms with Gasteiger partial charge in [-0.3, -0.25) is 19.3 Å². The van der Waals surface area contributed by atoms with Crippen molar-refractivity contribution in [2.75, 3.05) is 13.1 Å². The van der Waals surface area contributed by atoms with Gasteiger partial charge in [0.25, 0.3) is 11.1 Å². The highest BCUT2D eigenvalue weighted by Crippen LogP contribution is 2.31. The van der Waals surface area contributed by atoms with Crippen LogP contribution in [0.15, 0.2) is 65.7 Å². The third kappa shape index (κ3) is 4.16. The van der Waals surface area contributed by atoms with Crippen LogP contribution >= 0.6 is 11.8 Å². The number of benzene rings is 2. The Morgan fingerprint density at radius 3 is 2.60 bits per heavy atom. The topological polar surface area (TPSA) is 71.4 Å². The molecule has 0 bridgehead atoms. The zero-order chi connectivity index (χ0) is 21.1. The summed E-state index contributed by atoms with van der Waals surface area (Å²) in [6.07, 6.45) is 3.91. The van der Waals surface area contributed by atoms with Crippen LogP contribution in [0.1, 0.15) is 11.1 Å². The Balaban J connectivity index is 1.33. The molecule has 0 saturated carbocycles. The number of hydrogen-bond donors (Lipinski definition) is 1. The van der Waals surface area contributed by atoms with Gasteiger partial charge in [0.05, 0.1) is 11.3 Å². The van der Waals surface area contributed by atoms with E-state index in [1.54, 1.807) is 6.08 Å². The quantitative estimate of drug-likeness (QED) is 0.620. The molecule has 1 saturated heterocycles. The lowest BCUT2D eigenvalue weighted by molar-refractivity contribution is -0.124. The van der Waals surface area contributed by atoms with Gasteiger partial charge in [0.2, 0.25) is 5.91 Å². The summed E-state index contributed by atoms with van der Waals surface area (Å²) < 4.78 is 2.00. The summed E-state index contributed by atoms with van der Waals surface area (Å²) in [5, 5.41) is 3.55. The number of nitrogens with one attached hydrogen (secondary N) is 1. The second-order valence-electron chi connectivity index (χ2n) is 7.05. The first-order chi connectivity index (χ1) is 14.5. The molecule has 0 unspecified atom stereocenters. The molecule has 7 heteroatoms. The summed E-state index contributed by atoms with van der Waals surface area (Å²) in [6, 6.07) is 17.3. The number of imide groups is 1. The lowest BCUT2D eigenvalue weighted by Crippen LogP contribution is -2.37. The SMILES string of the molecule is Cn1cc(CC(=O)NCCN2C(=O)S/C(=C/c3ccccc3)C2=O)c2ccccc21. The summed E-state index contributed by atoms with van der Waals surface area (Å²) in [7, 11) is 1.95. The van der Waals surface area contributed by atoms with Crippen LogP contribution in [0.2, 0.25) is 0 Å². The maximum absolute atomic E-state index is 12.5. The molecule has 0 atom stereocenters. The second kappa shape index (κ2) is 8.59. The van der Waals surface area contributed by atoms with Crippen molar-refractivity contribution in [3.05, 3.63) is 76.8 Å². The zero-order valence-corrected chi connectivity index (χ0v) is 17.3. The van der Waals surface area contributed by atoms with Gasteiger partial charge >= 0.3 is 0 Å². The molecule has 2 heterocycles. The Morgan fingerprint density at radius 2 is 1.80 bits per heavy atom. The Kier molecular flexibility index (Phi) is 5.72. The number of aromatic nitrogens is 1. The average Bonchev–Trinajstić information content (AvgIpc) is 3.19. The standard InChI is InChI=1S/C23H21N3O3S/c1-25-15-17(18-9-5-6-10-19(18)25)14-21(27)24-11-12-26-22(28)20(30-23(26)29)13-16-7-3-2-4-8-16/h2-10,13,15H,11-12,14H2,1H3,(H,24,27)/b20-13+. The maximum atomic E-state index is 12.5. The molecule has 0 radical (unpaired) electrons. The van der Waals surface area contributed by atoms with E-state index in [0.29, 0.717) is 4.91 Å². The second-order valence-corrected chi connectivity index (χ2v) is 8.05. The maximum Gasteiger partial charge on any atom is 0.293 e. The fourth-order valence-electron chi connectivity index (χ4n) is 3.50. The minimum absolute atomic E-state index is 0.141. The van der Waals surface area contributed by atoms with E-state index in [-0.39, 0.29) is 36.6 Å². The number of carbonyl (C=O) groups excluding carboxylic acids is 3. The van der Waals surface area contributed by atoms with Gasteiger partial charge in [0.15, 0.2) is 0 Å². The van der Waals surface area contributed by atoms with E-state index >= 15 is 0 Å². The molecule has 1 aliphatic heterocycles. The van der Waals surface area contributed by atoms with Crippen LogP contribution < -0.4 is 5.32 Å². The van der Waals surface area contributed by atoms with Crippen molar-refractivity contribution in [1.29, 1.82) is 0 Å². The molecule has 3 amide bonds. The summed E-state index contributed by atoms with van der Waals surface area (Å²) in [5.74, 6) is -0.463. The predicted molar refractivity (Wildman–Crippen MR) is 119 cm³/mol. The van der Waals surface area contributed by atoms with E-state index in [0.717, 1.165) is 33.8 Å². The number of rotatable bonds is 6. The Morgan fingerprint density at radius 1 is 1.07 bits per heavy atom. The third-order valence-electron chi connectivity index (χ3n) is 4.96. The molecule has 1 aliphatic rings. The lowest BCUT2D eigenvalue weighted by Gasteiger charge is -2.13. The number of thioether (sulfide) groups is 1. The molecule has 1 N–H and O–H groups in total. The van der Waals surface area contributed by atoms with E-state index in [1.165, 1.54) is 4.90 Å². The van der Waals surface area contributed by atoms with E-state index < -0.39 is 0 Å². The van der Waals surface area contributed by atoms with Gasteiger partial charge in [-0.2, -0.15) is 0 Å². The smallest absolute Gasteiger partial charge is 0.293 e. The Hall–Kier alpha value is -3.32. The molecule has 3 aromatic rings. The normalized spacial score (nSPS) is 15.4. The number of carbonyl (C=O) groups is 3. The van der Waals surface area contributed by atoms with E-state index in [4.69, 9.17) is 0 Å². The minimum atomic E-state index is -0.322. The number of nitrogens with zero attached hydrogens (tertiary/aromatic N) is 2. The van der Waals surface area contributed by atoms with Gasteiger partial charge in [-0.25, -0.2) is 0 Å². The van der Waals surface area contributed by atoms with Crippen molar-refractivity contribution in [3.8, 4) is 0 Å². The van der Waals surface area contributed by atoms with Crippen molar-refractivity contribution in [2.24, 2.45) is 7.05 Å². The molecule has 6 nitrogen and oxygen atoms in total. The minimum Gasteiger partial charge on any atom is -0.354 e. The third-order valence-corrected chi connectivity index (χ3v) is 5.87. The fraction of sp³-hybridized carbons (Fsp3) is 0.174. The van der Waals surface area contributed by atoms with Crippen LogP contribution in [0.4, 0.5) is 4.79 Å². The van der Waals surface area contributed by atoms with Crippen LogP contribution in [-0.4, -0.2) is 39.6 Å². The monoisotopic (exact) mass is 419 g/mol. The molecule has 0 spiro atoms. The summed E-state index contributed by atoms with van der Waals surface area (Å²) >= 11 is 0.925. The molecule has 30 heavy (non-hydrogen) atoms. The molecule has 152 valence electrons. The van der Waals surface area contributed by atoms with Crippen molar-refractivity contribution < 1.29 is 14.4 Å². The van der Waals surface area contributed by atoms with Gasteiger partial charge in [0.1, 0.15) is 0 Å². The zero-order valence-electron chi connectivity index (χ0n) is 16.5. The Bertz CT molecular complexity index is 1150. The highest BCUT2D eigenvalue weighted by atomic mass is 32.2. The highest BCUT2D eigenvalue weighted by molar-refractivity contribution is 8.18. The molecule has 0 aliphatic carbocycles. The average molecular weight is 420 g/mol. The molecule has 1 aromatic heterocycles.